The number of hydrogen-bond donors (Lipinski definition) is 3. The van der Waals surface area contributed by atoms with Crippen molar-refractivity contribution >= 4 is 34.8 Å². The largest absolute Gasteiger partial charge is 0.497 e. The molecule has 3 amide bonds. The van der Waals surface area contributed by atoms with Crippen molar-refractivity contribution in [3.05, 3.63) is 41.6 Å². The van der Waals surface area contributed by atoms with E-state index in [1.807, 2.05) is 6.08 Å². The van der Waals surface area contributed by atoms with E-state index in [2.05, 4.69) is 15.6 Å². The van der Waals surface area contributed by atoms with Crippen LogP contribution in [0.4, 0.5) is 22.4 Å². The summed E-state index contributed by atoms with van der Waals surface area (Å²) in [7, 11) is 1.35. The highest BCUT2D eigenvalue weighted by Crippen LogP contribution is 2.56. The molecule has 0 bridgehead atoms. The van der Waals surface area contributed by atoms with E-state index >= 15 is 4.39 Å². The number of allylic oxidation sites excluding steroid dienone is 1. The smallest absolute Gasteiger partial charge is 0.437 e. The van der Waals surface area contributed by atoms with Gasteiger partial charge in [-0.2, -0.15) is 13.2 Å². The van der Waals surface area contributed by atoms with E-state index in [1.54, 1.807) is 26.8 Å². The zero-order valence-corrected chi connectivity index (χ0v) is 30.2. The van der Waals surface area contributed by atoms with Crippen LogP contribution >= 0.6 is 0 Å². The fourth-order valence-electron chi connectivity index (χ4n) is 7.94. The van der Waals surface area contributed by atoms with Crippen LogP contribution in [0.3, 0.4) is 0 Å². The highest BCUT2D eigenvalue weighted by atomic mass is 19.4. The molecule has 1 saturated heterocycles. The van der Waals surface area contributed by atoms with Gasteiger partial charge in [-0.15, -0.1) is 0 Å². The first kappa shape index (κ1) is 38.1. The van der Waals surface area contributed by atoms with Gasteiger partial charge in [0.2, 0.25) is 11.8 Å². The molecule has 1 aromatic carbocycles. The second-order valence-electron chi connectivity index (χ2n) is 15.7. The predicted octanol–water partition coefficient (Wildman–Crippen LogP) is 5.94. The van der Waals surface area contributed by atoms with Crippen LogP contribution in [-0.4, -0.2) is 81.3 Å². The summed E-state index contributed by atoms with van der Waals surface area (Å²) in [6.45, 7) is 5.48. The molecule has 1 saturated carbocycles. The van der Waals surface area contributed by atoms with Gasteiger partial charge in [-0.25, -0.2) is 19.0 Å². The second kappa shape index (κ2) is 13.3. The van der Waals surface area contributed by atoms with Crippen LogP contribution in [0.15, 0.2) is 30.4 Å². The standard InChI is InChI=1S/C37H44F4N4O8/c1-33(2,3)53-32(50)43-24-12-10-8-6-7-9-11-20-16-36(20,31(48)49)44-29(46)25-17-35(19-45(25)30(24)47)18-34(4,38)26-22-15-21(51-5)13-14-23(22)42-28(27(26)52-35)37(39,40)41/h9,11,13-15,20,24-25H,6-8,10,12,16-19H2,1-5H3,(H,43,50)(H,44,46)(H,48,49)/t20-,24+,25+,34?,35+,36-/m1/s1. The maximum absolute atomic E-state index is 17.3. The molecule has 12 nitrogen and oxygen atoms in total. The lowest BCUT2D eigenvalue weighted by Gasteiger charge is -2.42. The number of amides is 3. The highest BCUT2D eigenvalue weighted by molar-refractivity contribution is 5.96. The number of carboxylic acid groups (broad SMARTS) is 1. The number of alkyl carbamates (subject to hydrolysis) is 1. The van der Waals surface area contributed by atoms with Crippen molar-refractivity contribution in [3.63, 3.8) is 0 Å². The number of methoxy groups -OCH3 is 1. The summed E-state index contributed by atoms with van der Waals surface area (Å²) in [5.74, 6) is -4.12. The maximum atomic E-state index is 17.3. The fourth-order valence-corrected chi connectivity index (χ4v) is 7.94. The van der Waals surface area contributed by atoms with Gasteiger partial charge in [-0.1, -0.05) is 25.0 Å². The number of rotatable bonds is 3. The third-order valence-electron chi connectivity index (χ3n) is 10.4. The van der Waals surface area contributed by atoms with E-state index < -0.39 is 107 Å². The van der Waals surface area contributed by atoms with Gasteiger partial charge in [0.25, 0.3) is 0 Å². The van der Waals surface area contributed by atoms with Crippen LogP contribution in [0.25, 0.3) is 10.9 Å². The minimum Gasteiger partial charge on any atom is -0.497 e. The minimum atomic E-state index is -5.09. The van der Waals surface area contributed by atoms with Crippen molar-refractivity contribution in [2.24, 2.45) is 5.92 Å². The lowest BCUT2D eigenvalue weighted by Crippen LogP contribution is -2.56. The number of fused-ring (bicyclic) bond motifs is 5. The van der Waals surface area contributed by atoms with Crippen LogP contribution in [0.2, 0.25) is 0 Å². The number of ether oxygens (including phenoxy) is 3. The Morgan fingerprint density at radius 2 is 1.87 bits per heavy atom. The fraction of sp³-hybridized carbons (Fsp3) is 0.595. The molecule has 3 N–H and O–H groups in total. The summed E-state index contributed by atoms with van der Waals surface area (Å²) in [6, 6.07) is 1.32. The van der Waals surface area contributed by atoms with Crippen LogP contribution in [0, 0.1) is 5.92 Å². The van der Waals surface area contributed by atoms with Crippen molar-refractivity contribution in [3.8, 4) is 11.5 Å². The van der Waals surface area contributed by atoms with Gasteiger partial charge in [0.1, 0.15) is 40.2 Å². The van der Waals surface area contributed by atoms with Crippen molar-refractivity contribution in [1.82, 2.24) is 20.5 Å². The number of carbonyl (C=O) groups is 4. The summed E-state index contributed by atoms with van der Waals surface area (Å²) in [5, 5.41) is 15.4. The van der Waals surface area contributed by atoms with Crippen molar-refractivity contribution in [2.45, 2.75) is 120 Å². The summed E-state index contributed by atoms with van der Waals surface area (Å²) >= 11 is 0. The Bertz CT molecular complexity index is 1860. The van der Waals surface area contributed by atoms with Gasteiger partial charge in [0.05, 0.1) is 19.2 Å². The molecule has 2 fully saturated rings. The van der Waals surface area contributed by atoms with Crippen molar-refractivity contribution in [2.75, 3.05) is 13.7 Å². The number of alkyl halides is 4. The number of aliphatic carboxylic acids is 1. The molecule has 16 heteroatoms. The zero-order valence-electron chi connectivity index (χ0n) is 30.2. The van der Waals surface area contributed by atoms with E-state index in [9.17, 15) is 37.5 Å². The average molecular weight is 749 g/mol. The molecular formula is C37H44F4N4O8. The Labute approximate surface area is 303 Å². The van der Waals surface area contributed by atoms with Gasteiger partial charge >= 0.3 is 18.2 Å². The first-order valence-electron chi connectivity index (χ1n) is 17.7. The first-order valence-corrected chi connectivity index (χ1v) is 17.7. The Morgan fingerprint density at radius 1 is 1.13 bits per heavy atom. The SMILES string of the molecule is COc1ccc2nc(C(F)(F)F)c3c(c2c1)C(C)(F)C[C@]1(C[C@H]2C(=O)N[C@]4(C(=O)O)C[C@H]4C=CCCCCC[C@H](NC(=O)OC(C)(C)C)C(=O)N2C1)O3. The average Bonchev–Trinajstić information content (AvgIpc) is 3.63. The van der Waals surface area contributed by atoms with E-state index in [1.165, 1.54) is 25.3 Å². The first-order chi connectivity index (χ1) is 24.7. The monoisotopic (exact) mass is 748 g/mol. The number of carboxylic acids is 1. The summed E-state index contributed by atoms with van der Waals surface area (Å²) < 4.78 is 78.2. The maximum Gasteiger partial charge on any atom is 0.437 e. The minimum absolute atomic E-state index is 0.0340. The molecule has 4 heterocycles. The molecule has 3 aliphatic heterocycles. The summed E-state index contributed by atoms with van der Waals surface area (Å²) in [6.07, 6.45) is -0.791. The molecule has 53 heavy (non-hydrogen) atoms. The van der Waals surface area contributed by atoms with E-state index in [-0.39, 0.29) is 29.5 Å². The molecule has 2 aromatic rings. The van der Waals surface area contributed by atoms with Gasteiger partial charge < -0.3 is 34.9 Å². The lowest BCUT2D eigenvalue weighted by molar-refractivity contribution is -0.146. The summed E-state index contributed by atoms with van der Waals surface area (Å²) in [5.41, 5.74) is -9.02. The topological polar surface area (TPSA) is 156 Å². The van der Waals surface area contributed by atoms with Crippen LogP contribution in [0.1, 0.15) is 90.3 Å². The van der Waals surface area contributed by atoms with Gasteiger partial charge in [0, 0.05) is 29.7 Å². The predicted molar refractivity (Wildman–Crippen MR) is 182 cm³/mol. The number of carbonyl (C=O) groups excluding carboxylic acids is 3. The van der Waals surface area contributed by atoms with Crippen LogP contribution in [0.5, 0.6) is 11.5 Å². The Balaban J connectivity index is 1.45. The third-order valence-corrected chi connectivity index (χ3v) is 10.4. The zero-order chi connectivity index (χ0) is 38.7. The van der Waals surface area contributed by atoms with Gasteiger partial charge in [-0.05, 0) is 71.6 Å². The number of benzene rings is 1. The number of aromatic nitrogens is 1. The molecule has 1 unspecified atom stereocenters. The van der Waals surface area contributed by atoms with Crippen molar-refractivity contribution < 1.29 is 56.1 Å². The normalized spacial score (nSPS) is 30.6. The number of pyridine rings is 1. The van der Waals surface area contributed by atoms with Crippen molar-refractivity contribution in [1.29, 1.82) is 0 Å². The third kappa shape index (κ3) is 7.45. The number of nitrogens with one attached hydrogen (secondary N) is 2. The van der Waals surface area contributed by atoms with Gasteiger partial charge in [0.15, 0.2) is 11.4 Å². The quantitative estimate of drug-likeness (QED) is 0.255. The Morgan fingerprint density at radius 3 is 2.53 bits per heavy atom. The lowest BCUT2D eigenvalue weighted by atomic mass is 9.78. The number of nitrogens with zero attached hydrogens (tertiary/aromatic N) is 2. The second-order valence-corrected chi connectivity index (χ2v) is 15.7. The molecule has 1 aliphatic carbocycles. The number of hydrogen-bond acceptors (Lipinski definition) is 8. The Hall–Kier alpha value is -4.63. The summed E-state index contributed by atoms with van der Waals surface area (Å²) in [4.78, 5) is 59.1. The van der Waals surface area contributed by atoms with E-state index in [0.717, 1.165) is 11.8 Å². The molecule has 6 rings (SSSR count). The molecule has 6 atom stereocenters. The molecule has 288 valence electrons. The molecule has 4 aliphatic rings. The van der Waals surface area contributed by atoms with Crippen LogP contribution in [-0.2, 0) is 31.0 Å². The van der Waals surface area contributed by atoms with Gasteiger partial charge in [-0.3, -0.25) is 9.59 Å². The molecule has 0 radical (unpaired) electrons. The van der Waals surface area contributed by atoms with E-state index in [0.29, 0.717) is 25.7 Å². The highest BCUT2D eigenvalue weighted by Gasteiger charge is 2.64. The Kier molecular flexibility index (Phi) is 9.59. The molecular weight excluding hydrogens is 704 g/mol. The number of halogens is 4. The molecule has 1 aromatic heterocycles. The van der Waals surface area contributed by atoms with E-state index in [4.69, 9.17) is 14.2 Å². The van der Waals surface area contributed by atoms with Crippen LogP contribution < -0.4 is 20.1 Å². The molecule has 1 spiro atoms.